The van der Waals surface area contributed by atoms with Crippen LogP contribution in [-0.4, -0.2) is 37.2 Å². The highest BCUT2D eigenvalue weighted by Gasteiger charge is 2.23. The van der Waals surface area contributed by atoms with Gasteiger partial charge in [-0.3, -0.25) is 16.7 Å². The molecular formula is C8H23N5. The van der Waals surface area contributed by atoms with E-state index in [1.54, 1.807) is 5.01 Å². The molecule has 5 nitrogen and oxygen atoms in total. The summed E-state index contributed by atoms with van der Waals surface area (Å²) < 4.78 is 0. The van der Waals surface area contributed by atoms with Crippen molar-refractivity contribution in [3.8, 4) is 0 Å². The number of hydrogen-bond donors (Lipinski definition) is 4. The van der Waals surface area contributed by atoms with Crippen LogP contribution in [0.25, 0.3) is 0 Å². The highest BCUT2D eigenvalue weighted by molar-refractivity contribution is 4.82. The van der Waals surface area contributed by atoms with Gasteiger partial charge in [0.1, 0.15) is 0 Å². The van der Waals surface area contributed by atoms with Gasteiger partial charge < -0.3 is 5.73 Å². The van der Waals surface area contributed by atoms with Crippen LogP contribution in [0.1, 0.15) is 20.3 Å². The molecule has 0 saturated carbocycles. The van der Waals surface area contributed by atoms with E-state index in [1.807, 2.05) is 14.1 Å². The van der Waals surface area contributed by atoms with Gasteiger partial charge in [0.25, 0.3) is 0 Å². The van der Waals surface area contributed by atoms with Gasteiger partial charge in [0.15, 0.2) is 0 Å². The summed E-state index contributed by atoms with van der Waals surface area (Å²) in [5.41, 5.74) is 11.7. The van der Waals surface area contributed by atoms with E-state index in [-0.39, 0.29) is 11.6 Å². The van der Waals surface area contributed by atoms with Crippen LogP contribution >= 0.6 is 0 Å². The van der Waals surface area contributed by atoms with Gasteiger partial charge in [-0.15, -0.1) is 0 Å². The Kier molecular flexibility index (Phi) is 5.43. The molecular weight excluding hydrogens is 166 g/mol. The van der Waals surface area contributed by atoms with Crippen LogP contribution in [0, 0.1) is 0 Å². The molecule has 6 N–H and O–H groups in total. The highest BCUT2D eigenvalue weighted by Crippen LogP contribution is 2.11. The Balaban J connectivity index is 4.05. The van der Waals surface area contributed by atoms with Crippen LogP contribution in [0.15, 0.2) is 0 Å². The van der Waals surface area contributed by atoms with E-state index in [1.165, 1.54) is 0 Å². The first-order valence-electron chi connectivity index (χ1n) is 4.54. The smallest absolute Gasteiger partial charge is 0.0378 e. The Hall–Kier alpha value is -0.200. The minimum absolute atomic E-state index is 0.00752. The maximum Gasteiger partial charge on any atom is 0.0378 e. The third-order valence-corrected chi connectivity index (χ3v) is 2.06. The zero-order valence-corrected chi connectivity index (χ0v) is 9.09. The van der Waals surface area contributed by atoms with Crippen LogP contribution in [0.2, 0.25) is 0 Å². The molecule has 0 aliphatic carbocycles. The van der Waals surface area contributed by atoms with Gasteiger partial charge in [0.2, 0.25) is 0 Å². The Morgan fingerprint density at radius 1 is 1.46 bits per heavy atom. The van der Waals surface area contributed by atoms with Gasteiger partial charge in [-0.2, -0.15) is 0 Å². The van der Waals surface area contributed by atoms with E-state index in [9.17, 15) is 0 Å². The fourth-order valence-corrected chi connectivity index (χ4v) is 1.37. The van der Waals surface area contributed by atoms with Gasteiger partial charge in [0.05, 0.1) is 0 Å². The lowest BCUT2D eigenvalue weighted by atomic mass is 9.96. The molecule has 0 saturated heterocycles. The van der Waals surface area contributed by atoms with Crippen molar-refractivity contribution in [2.45, 2.75) is 31.8 Å². The number of hydrazine groups is 2. The fourth-order valence-electron chi connectivity index (χ4n) is 1.37. The monoisotopic (exact) mass is 189 g/mol. The van der Waals surface area contributed by atoms with E-state index in [4.69, 9.17) is 11.6 Å². The van der Waals surface area contributed by atoms with Crippen LogP contribution in [0.4, 0.5) is 0 Å². The summed E-state index contributed by atoms with van der Waals surface area (Å²) in [6.45, 7) is 4.78. The lowest BCUT2D eigenvalue weighted by Gasteiger charge is -2.32. The van der Waals surface area contributed by atoms with Crippen molar-refractivity contribution in [3.63, 3.8) is 0 Å². The van der Waals surface area contributed by atoms with Crippen LogP contribution in [0.3, 0.4) is 0 Å². The van der Waals surface area contributed by atoms with Crippen molar-refractivity contribution >= 4 is 0 Å². The molecule has 0 radical (unpaired) electrons. The second-order valence-corrected chi connectivity index (χ2v) is 4.02. The third-order valence-electron chi connectivity index (χ3n) is 2.06. The summed E-state index contributed by atoms with van der Waals surface area (Å²) >= 11 is 0. The summed E-state index contributed by atoms with van der Waals surface area (Å²) in [4.78, 5) is 0. The van der Waals surface area contributed by atoms with Crippen LogP contribution < -0.4 is 22.4 Å². The average molecular weight is 189 g/mol. The van der Waals surface area contributed by atoms with Crippen molar-refractivity contribution in [2.75, 3.05) is 20.6 Å². The van der Waals surface area contributed by atoms with Crippen LogP contribution in [-0.2, 0) is 0 Å². The van der Waals surface area contributed by atoms with Gasteiger partial charge in [-0.05, 0) is 27.3 Å². The Labute approximate surface area is 80.8 Å². The molecule has 0 aliphatic heterocycles. The van der Waals surface area contributed by atoms with E-state index >= 15 is 0 Å². The molecule has 0 aromatic heterocycles. The molecule has 0 fully saturated rings. The minimum atomic E-state index is -0.00752. The molecule has 5 heteroatoms. The first-order valence-corrected chi connectivity index (χ1v) is 4.54. The van der Waals surface area contributed by atoms with Crippen molar-refractivity contribution in [1.29, 1.82) is 0 Å². The molecule has 0 aromatic rings. The first kappa shape index (κ1) is 12.8. The standard InChI is InChI=1S/C8H23N5/c1-8(2,12-11-3)5-7(6-9)13(4)10/h7,11-12H,5-6,9-10H2,1-4H3. The van der Waals surface area contributed by atoms with Crippen molar-refractivity contribution in [1.82, 2.24) is 15.9 Å². The van der Waals surface area contributed by atoms with Crippen LogP contribution in [0.5, 0.6) is 0 Å². The second-order valence-electron chi connectivity index (χ2n) is 4.02. The summed E-state index contributed by atoms with van der Waals surface area (Å²) in [5, 5.41) is 1.67. The number of nitrogens with zero attached hydrogens (tertiary/aromatic N) is 1. The van der Waals surface area contributed by atoms with E-state index in [2.05, 4.69) is 24.7 Å². The number of nitrogens with one attached hydrogen (secondary N) is 2. The molecule has 0 spiro atoms. The van der Waals surface area contributed by atoms with Gasteiger partial charge in [-0.1, -0.05) is 0 Å². The quantitative estimate of drug-likeness (QED) is 0.319. The van der Waals surface area contributed by atoms with E-state index in [0.717, 1.165) is 6.42 Å². The van der Waals surface area contributed by atoms with Gasteiger partial charge >= 0.3 is 0 Å². The highest BCUT2D eigenvalue weighted by atomic mass is 15.4. The average Bonchev–Trinajstić information content (AvgIpc) is 1.99. The molecule has 0 aromatic carbocycles. The minimum Gasteiger partial charge on any atom is -0.329 e. The Morgan fingerprint density at radius 2 is 2.00 bits per heavy atom. The predicted octanol–water partition coefficient (Wildman–Crippen LogP) is -0.988. The SMILES string of the molecule is CNNC(C)(C)CC(CN)N(C)N. The molecule has 0 heterocycles. The molecule has 0 amide bonds. The first-order chi connectivity index (χ1) is 5.93. The molecule has 0 rings (SSSR count). The number of nitrogens with two attached hydrogens (primary N) is 2. The summed E-state index contributed by atoms with van der Waals surface area (Å²) in [7, 11) is 3.69. The zero-order valence-electron chi connectivity index (χ0n) is 9.09. The summed E-state index contributed by atoms with van der Waals surface area (Å²) in [5.74, 6) is 5.66. The Bertz CT molecular complexity index is 134. The number of likely N-dealkylation sites (N-methyl/N-ethyl adjacent to an activating group) is 1. The van der Waals surface area contributed by atoms with E-state index in [0.29, 0.717) is 6.54 Å². The number of hydrogen-bond acceptors (Lipinski definition) is 5. The lowest BCUT2D eigenvalue weighted by molar-refractivity contribution is 0.186. The van der Waals surface area contributed by atoms with Gasteiger partial charge in [-0.25, -0.2) is 5.01 Å². The maximum absolute atomic E-state index is 5.66. The molecule has 0 aliphatic rings. The molecule has 0 bridgehead atoms. The maximum atomic E-state index is 5.66. The van der Waals surface area contributed by atoms with Gasteiger partial charge in [0, 0.05) is 25.2 Å². The molecule has 13 heavy (non-hydrogen) atoms. The fraction of sp³-hybridized carbons (Fsp3) is 1.00. The normalized spacial score (nSPS) is 15.0. The Morgan fingerprint density at radius 3 is 2.31 bits per heavy atom. The van der Waals surface area contributed by atoms with Crippen molar-refractivity contribution < 1.29 is 0 Å². The zero-order chi connectivity index (χ0) is 10.5. The molecule has 1 atom stereocenters. The van der Waals surface area contributed by atoms with E-state index < -0.39 is 0 Å². The molecule has 1 unspecified atom stereocenters. The third kappa shape index (κ3) is 5.17. The van der Waals surface area contributed by atoms with Crippen molar-refractivity contribution in [3.05, 3.63) is 0 Å². The number of rotatable bonds is 6. The summed E-state index contributed by atoms with van der Waals surface area (Å²) in [6.07, 6.45) is 0.900. The van der Waals surface area contributed by atoms with Crippen molar-refractivity contribution in [2.24, 2.45) is 11.6 Å². The molecule has 80 valence electrons. The topological polar surface area (TPSA) is 79.3 Å². The second kappa shape index (κ2) is 5.51. The predicted molar refractivity (Wildman–Crippen MR) is 55.7 cm³/mol. The summed E-state index contributed by atoms with van der Waals surface area (Å²) in [6, 6.07) is 0.204. The lowest BCUT2D eigenvalue weighted by Crippen LogP contribution is -2.53. The largest absolute Gasteiger partial charge is 0.329 e.